The van der Waals surface area contributed by atoms with Crippen molar-refractivity contribution in [2.75, 3.05) is 0 Å². The molecule has 2 fully saturated rings. The maximum absolute atomic E-state index is 11.0. The number of allylic oxidation sites excluding steroid dienone is 1. The van der Waals surface area contributed by atoms with Gasteiger partial charge in [-0.3, -0.25) is 0 Å². The second kappa shape index (κ2) is 10.1. The summed E-state index contributed by atoms with van der Waals surface area (Å²) < 4.78 is 5.30. The van der Waals surface area contributed by atoms with Gasteiger partial charge in [-0.1, -0.05) is 54.2 Å². The molecule has 0 aromatic rings. The summed E-state index contributed by atoms with van der Waals surface area (Å²) in [5.74, 6) is 2.91. The van der Waals surface area contributed by atoms with E-state index >= 15 is 0 Å². The van der Waals surface area contributed by atoms with Gasteiger partial charge >= 0.3 is 11.9 Å². The molecule has 4 heteroatoms. The highest BCUT2D eigenvalue weighted by molar-refractivity contribution is 5.85. The summed E-state index contributed by atoms with van der Waals surface area (Å²) in [5, 5.41) is 8.81. The molecule has 8 unspecified atom stereocenters. The summed E-state index contributed by atoms with van der Waals surface area (Å²) in [4.78, 5) is 21.7. The maximum Gasteiger partial charge on any atom is 0.330 e. The third kappa shape index (κ3) is 6.22. The summed E-state index contributed by atoms with van der Waals surface area (Å²) in [6.45, 7) is 18.3. The summed E-state index contributed by atoms with van der Waals surface area (Å²) in [7, 11) is 0. The Morgan fingerprint density at radius 2 is 1.44 bits per heavy atom. The van der Waals surface area contributed by atoms with Crippen LogP contribution < -0.4 is 0 Å². The van der Waals surface area contributed by atoms with Gasteiger partial charge in [-0.2, -0.15) is 0 Å². The van der Waals surface area contributed by atoms with Crippen LogP contribution in [0.3, 0.4) is 0 Å². The van der Waals surface area contributed by atoms with E-state index in [0.29, 0.717) is 47.0 Å². The second-order valence-corrected chi connectivity index (χ2v) is 8.94. The lowest BCUT2D eigenvalue weighted by molar-refractivity contribution is -0.146. The van der Waals surface area contributed by atoms with Crippen LogP contribution in [0.1, 0.15) is 61.3 Å². The molecule has 1 N–H and O–H groups in total. The first-order chi connectivity index (χ1) is 12.5. The zero-order valence-corrected chi connectivity index (χ0v) is 18.1. The Morgan fingerprint density at radius 1 is 0.926 bits per heavy atom. The van der Waals surface area contributed by atoms with Gasteiger partial charge in [-0.05, 0) is 61.2 Å². The molecule has 0 amide bonds. The highest BCUT2D eigenvalue weighted by atomic mass is 16.5. The number of carboxylic acid groups (broad SMARTS) is 1. The minimum Gasteiger partial charge on any atom is -0.478 e. The molecule has 154 valence electrons. The first-order valence-corrected chi connectivity index (χ1v) is 10.2. The van der Waals surface area contributed by atoms with Crippen molar-refractivity contribution in [2.45, 2.75) is 67.4 Å². The highest BCUT2D eigenvalue weighted by Gasteiger charge is 2.38. The van der Waals surface area contributed by atoms with Gasteiger partial charge in [0.05, 0.1) is 0 Å². The average molecular weight is 379 g/mol. The van der Waals surface area contributed by atoms with Crippen LogP contribution in [0.2, 0.25) is 0 Å². The lowest BCUT2D eigenvalue weighted by Crippen LogP contribution is -2.25. The number of ether oxygens (including phenoxy) is 1. The van der Waals surface area contributed by atoms with E-state index < -0.39 is 5.97 Å². The molecule has 0 aliphatic heterocycles. The Balaban J connectivity index is 0.000000271. The Morgan fingerprint density at radius 3 is 1.81 bits per heavy atom. The predicted molar refractivity (Wildman–Crippen MR) is 109 cm³/mol. The third-order valence-electron chi connectivity index (χ3n) is 6.82. The van der Waals surface area contributed by atoms with E-state index in [-0.39, 0.29) is 12.1 Å². The molecule has 0 bridgehead atoms. The first-order valence-electron chi connectivity index (χ1n) is 10.2. The fourth-order valence-electron chi connectivity index (χ4n) is 4.71. The Labute approximate surface area is 165 Å². The van der Waals surface area contributed by atoms with Crippen LogP contribution in [-0.2, 0) is 14.3 Å². The molecular formula is C23H38O4. The van der Waals surface area contributed by atoms with E-state index in [4.69, 9.17) is 9.84 Å². The minimum atomic E-state index is -0.788. The normalized spacial score (nSPS) is 38.7. The van der Waals surface area contributed by atoms with E-state index in [1.165, 1.54) is 12.5 Å². The molecule has 27 heavy (non-hydrogen) atoms. The molecule has 0 radical (unpaired) electrons. The molecule has 2 aliphatic rings. The number of esters is 1. The molecular weight excluding hydrogens is 340 g/mol. The van der Waals surface area contributed by atoms with Gasteiger partial charge in [0.25, 0.3) is 0 Å². The van der Waals surface area contributed by atoms with Gasteiger partial charge in [0.2, 0.25) is 0 Å². The monoisotopic (exact) mass is 378 g/mol. The van der Waals surface area contributed by atoms with Gasteiger partial charge in [-0.25, -0.2) is 9.59 Å². The molecule has 2 aliphatic carbocycles. The van der Waals surface area contributed by atoms with Crippen LogP contribution in [0, 0.1) is 41.4 Å². The molecule has 0 aromatic carbocycles. The van der Waals surface area contributed by atoms with Crippen LogP contribution in [0.4, 0.5) is 0 Å². The van der Waals surface area contributed by atoms with Crippen molar-refractivity contribution in [1.29, 1.82) is 0 Å². The van der Waals surface area contributed by atoms with Crippen molar-refractivity contribution in [2.24, 2.45) is 41.4 Å². The third-order valence-corrected chi connectivity index (χ3v) is 6.82. The lowest BCUT2D eigenvalue weighted by atomic mass is 9.88. The van der Waals surface area contributed by atoms with Crippen molar-refractivity contribution in [3.8, 4) is 0 Å². The first kappa shape index (κ1) is 23.5. The molecule has 0 saturated heterocycles. The zero-order chi connectivity index (χ0) is 20.9. The fourth-order valence-corrected chi connectivity index (χ4v) is 4.71. The number of carboxylic acids is 1. The minimum absolute atomic E-state index is 0.0838. The predicted octanol–water partition coefficient (Wildman–Crippen LogP) is 5.34. The van der Waals surface area contributed by atoms with Crippen LogP contribution in [-0.4, -0.2) is 23.1 Å². The largest absolute Gasteiger partial charge is 0.478 e. The summed E-state index contributed by atoms with van der Waals surface area (Å²) in [6, 6.07) is 0. The smallest absolute Gasteiger partial charge is 0.330 e. The number of hydrogen-bond donors (Lipinski definition) is 1. The van der Waals surface area contributed by atoms with Crippen molar-refractivity contribution in [1.82, 2.24) is 0 Å². The topological polar surface area (TPSA) is 63.6 Å². The van der Waals surface area contributed by atoms with Crippen molar-refractivity contribution in [3.63, 3.8) is 0 Å². The Kier molecular flexibility index (Phi) is 8.77. The molecule has 4 nitrogen and oxygen atoms in total. The van der Waals surface area contributed by atoms with Crippen molar-refractivity contribution in [3.05, 3.63) is 24.3 Å². The van der Waals surface area contributed by atoms with E-state index in [2.05, 4.69) is 48.1 Å². The standard InChI is InChI=1S/C12H20O2.C11H18O2/c1-7-5-8(2)11(10(7)4)6-9(3)12(13)14;1-5-10(12)13-11-8(3)6-7(2)9(11)4/h6-8,10-11H,5H2,1-4H3,(H,13,14);5,7-9,11H,1,6H2,2-4H3. The van der Waals surface area contributed by atoms with Crippen molar-refractivity contribution >= 4 is 11.9 Å². The highest BCUT2D eigenvalue weighted by Crippen LogP contribution is 2.42. The van der Waals surface area contributed by atoms with Gasteiger partial charge in [0.15, 0.2) is 0 Å². The molecule has 0 heterocycles. The molecule has 0 aromatic heterocycles. The number of hydrogen-bond acceptors (Lipinski definition) is 3. The van der Waals surface area contributed by atoms with Crippen LogP contribution in [0.5, 0.6) is 0 Å². The Bertz CT molecular complexity index is 565. The van der Waals surface area contributed by atoms with E-state index in [1.807, 2.05) is 6.08 Å². The van der Waals surface area contributed by atoms with Gasteiger partial charge in [0.1, 0.15) is 6.10 Å². The van der Waals surface area contributed by atoms with Gasteiger partial charge < -0.3 is 9.84 Å². The number of rotatable bonds is 4. The van der Waals surface area contributed by atoms with Crippen LogP contribution >= 0.6 is 0 Å². The Hall–Kier alpha value is -1.58. The van der Waals surface area contributed by atoms with E-state index in [9.17, 15) is 9.59 Å². The van der Waals surface area contributed by atoms with Crippen LogP contribution in [0.25, 0.3) is 0 Å². The van der Waals surface area contributed by atoms with E-state index in [0.717, 1.165) is 6.42 Å². The number of carbonyl (C=O) groups is 2. The quantitative estimate of drug-likeness (QED) is 0.529. The fraction of sp³-hybridized carbons (Fsp3) is 0.739. The number of carbonyl (C=O) groups excluding carboxylic acids is 1. The average Bonchev–Trinajstić information content (AvgIpc) is 2.98. The molecule has 2 rings (SSSR count). The molecule has 2 saturated carbocycles. The summed E-state index contributed by atoms with van der Waals surface area (Å²) >= 11 is 0. The zero-order valence-electron chi connectivity index (χ0n) is 18.1. The summed E-state index contributed by atoms with van der Waals surface area (Å²) in [6.07, 6.45) is 5.63. The molecule has 8 atom stereocenters. The van der Waals surface area contributed by atoms with Crippen LogP contribution in [0.15, 0.2) is 24.3 Å². The lowest BCUT2D eigenvalue weighted by Gasteiger charge is -2.20. The SMILES string of the molecule is C=CC(=O)OC1C(C)CC(C)C1C.CC(=CC1C(C)CC(C)C1C)C(=O)O. The van der Waals surface area contributed by atoms with Gasteiger partial charge in [0, 0.05) is 11.6 Å². The maximum atomic E-state index is 11.0. The van der Waals surface area contributed by atoms with E-state index in [1.54, 1.807) is 6.92 Å². The number of aliphatic carboxylic acids is 1. The summed E-state index contributed by atoms with van der Waals surface area (Å²) in [5.41, 5.74) is 0.489. The molecule has 0 spiro atoms. The van der Waals surface area contributed by atoms with Gasteiger partial charge in [-0.15, -0.1) is 0 Å². The second-order valence-electron chi connectivity index (χ2n) is 8.94. The van der Waals surface area contributed by atoms with Crippen molar-refractivity contribution < 1.29 is 19.4 Å².